The van der Waals surface area contributed by atoms with Gasteiger partial charge in [-0.15, -0.1) is 11.8 Å². The molecule has 1 aromatic rings. The van der Waals surface area contributed by atoms with Crippen molar-refractivity contribution >= 4 is 17.4 Å². The number of hydrogen-bond acceptors (Lipinski definition) is 4. The first-order chi connectivity index (χ1) is 9.20. The van der Waals surface area contributed by atoms with Crippen molar-refractivity contribution in [3.8, 4) is 0 Å². The van der Waals surface area contributed by atoms with Crippen molar-refractivity contribution in [1.82, 2.24) is 5.32 Å². The summed E-state index contributed by atoms with van der Waals surface area (Å²) in [7, 11) is 0. The molecule has 0 spiro atoms. The van der Waals surface area contributed by atoms with Crippen LogP contribution in [0.3, 0.4) is 0 Å². The summed E-state index contributed by atoms with van der Waals surface area (Å²) in [5.74, 6) is 0. The number of rotatable bonds is 6. The Hall–Kier alpha value is -1.07. The number of non-ortho nitro benzene ring substituents is 1. The van der Waals surface area contributed by atoms with Crippen LogP contribution in [-0.2, 0) is 0 Å². The van der Waals surface area contributed by atoms with E-state index in [0.29, 0.717) is 11.3 Å². The molecular weight excluding hydrogens is 260 g/mol. The van der Waals surface area contributed by atoms with Gasteiger partial charge in [0, 0.05) is 28.3 Å². The first-order valence-corrected chi connectivity index (χ1v) is 7.73. The molecule has 2 rings (SSSR count). The van der Waals surface area contributed by atoms with E-state index in [1.807, 2.05) is 23.9 Å². The molecule has 2 unspecified atom stereocenters. The zero-order chi connectivity index (χ0) is 13.7. The smallest absolute Gasteiger partial charge is 0.269 e. The fraction of sp³-hybridized carbons (Fsp3) is 0.571. The molecule has 19 heavy (non-hydrogen) atoms. The minimum atomic E-state index is -0.352. The van der Waals surface area contributed by atoms with Crippen molar-refractivity contribution in [2.24, 2.45) is 0 Å². The molecule has 0 bridgehead atoms. The summed E-state index contributed by atoms with van der Waals surface area (Å²) in [6.45, 7) is 3.25. The quantitative estimate of drug-likeness (QED) is 0.639. The van der Waals surface area contributed by atoms with Crippen LogP contribution < -0.4 is 5.32 Å². The van der Waals surface area contributed by atoms with Crippen LogP contribution >= 0.6 is 11.8 Å². The van der Waals surface area contributed by atoms with Crippen molar-refractivity contribution in [2.75, 3.05) is 6.54 Å². The number of nitro benzene ring substituents is 1. The number of nitro groups is 1. The molecule has 1 saturated carbocycles. The van der Waals surface area contributed by atoms with Gasteiger partial charge in [0.1, 0.15) is 0 Å². The van der Waals surface area contributed by atoms with Crippen LogP contribution in [0.15, 0.2) is 29.2 Å². The summed E-state index contributed by atoms with van der Waals surface area (Å²) in [6, 6.07) is 7.48. The number of nitrogens with one attached hydrogen (secondary N) is 1. The minimum absolute atomic E-state index is 0.163. The standard InChI is InChI=1S/C14H20N2O2S/c1-2-10-15-13-4-3-5-14(13)19-12-8-6-11(7-9-12)16(17)18/h6-9,13-15H,2-5,10H2,1H3. The van der Waals surface area contributed by atoms with Crippen LogP contribution in [0, 0.1) is 10.1 Å². The van der Waals surface area contributed by atoms with Crippen molar-refractivity contribution < 1.29 is 4.92 Å². The lowest BCUT2D eigenvalue weighted by Crippen LogP contribution is -2.34. The predicted molar refractivity (Wildman–Crippen MR) is 78.7 cm³/mol. The van der Waals surface area contributed by atoms with Crippen LogP contribution in [-0.4, -0.2) is 22.8 Å². The third-order valence-corrected chi connectivity index (χ3v) is 4.86. The van der Waals surface area contributed by atoms with Crippen molar-refractivity contribution in [1.29, 1.82) is 0 Å². The Balaban J connectivity index is 1.94. The molecular formula is C14H20N2O2S. The van der Waals surface area contributed by atoms with Gasteiger partial charge in [-0.2, -0.15) is 0 Å². The topological polar surface area (TPSA) is 55.2 Å². The molecule has 5 heteroatoms. The number of nitrogens with zero attached hydrogens (tertiary/aromatic N) is 1. The minimum Gasteiger partial charge on any atom is -0.313 e. The molecule has 0 aliphatic heterocycles. The SMILES string of the molecule is CCCNC1CCCC1Sc1ccc([N+](=O)[O-])cc1. The van der Waals surface area contributed by atoms with Gasteiger partial charge >= 0.3 is 0 Å². The Morgan fingerprint density at radius 1 is 1.37 bits per heavy atom. The monoisotopic (exact) mass is 280 g/mol. The second-order valence-corrected chi connectivity index (χ2v) is 6.21. The van der Waals surface area contributed by atoms with Gasteiger partial charge in [-0.3, -0.25) is 10.1 Å². The van der Waals surface area contributed by atoms with Crippen molar-refractivity contribution in [2.45, 2.75) is 48.8 Å². The van der Waals surface area contributed by atoms with Gasteiger partial charge in [0.15, 0.2) is 0 Å². The lowest BCUT2D eigenvalue weighted by Gasteiger charge is -2.20. The molecule has 1 aliphatic rings. The summed E-state index contributed by atoms with van der Waals surface area (Å²) in [5, 5.41) is 14.8. The molecule has 4 nitrogen and oxygen atoms in total. The second-order valence-electron chi connectivity index (χ2n) is 4.90. The lowest BCUT2D eigenvalue weighted by molar-refractivity contribution is -0.384. The van der Waals surface area contributed by atoms with Crippen LogP contribution in [0.5, 0.6) is 0 Å². The van der Waals surface area contributed by atoms with E-state index >= 15 is 0 Å². The molecule has 0 saturated heterocycles. The third kappa shape index (κ3) is 3.94. The molecule has 0 amide bonds. The van der Waals surface area contributed by atoms with E-state index in [0.717, 1.165) is 17.9 Å². The molecule has 0 radical (unpaired) electrons. The van der Waals surface area contributed by atoms with Crippen LogP contribution in [0.2, 0.25) is 0 Å². The fourth-order valence-electron chi connectivity index (χ4n) is 2.45. The molecule has 1 aliphatic carbocycles. The van der Waals surface area contributed by atoms with Gasteiger partial charge in [0.2, 0.25) is 0 Å². The highest BCUT2D eigenvalue weighted by atomic mass is 32.2. The molecule has 1 aromatic carbocycles. The molecule has 0 aromatic heterocycles. The van der Waals surface area contributed by atoms with Gasteiger partial charge in [-0.05, 0) is 37.9 Å². The maximum atomic E-state index is 10.6. The van der Waals surface area contributed by atoms with Crippen molar-refractivity contribution in [3.63, 3.8) is 0 Å². The maximum Gasteiger partial charge on any atom is 0.269 e. The molecule has 2 atom stereocenters. The number of hydrogen-bond donors (Lipinski definition) is 1. The predicted octanol–water partition coefficient (Wildman–Crippen LogP) is 3.61. The summed E-state index contributed by atoms with van der Waals surface area (Å²) in [4.78, 5) is 11.4. The van der Waals surface area contributed by atoms with E-state index < -0.39 is 0 Å². The van der Waals surface area contributed by atoms with E-state index in [1.165, 1.54) is 19.3 Å². The van der Waals surface area contributed by atoms with Gasteiger partial charge in [0.25, 0.3) is 5.69 Å². The summed E-state index contributed by atoms with van der Waals surface area (Å²) < 4.78 is 0. The van der Waals surface area contributed by atoms with Crippen LogP contribution in [0.1, 0.15) is 32.6 Å². The normalized spacial score (nSPS) is 22.6. The summed E-state index contributed by atoms with van der Waals surface area (Å²) in [5.41, 5.74) is 0.163. The molecule has 0 heterocycles. The summed E-state index contributed by atoms with van der Waals surface area (Å²) >= 11 is 1.85. The average molecular weight is 280 g/mol. The zero-order valence-electron chi connectivity index (χ0n) is 11.2. The first kappa shape index (κ1) is 14.3. The van der Waals surface area contributed by atoms with Gasteiger partial charge in [-0.1, -0.05) is 13.3 Å². The maximum absolute atomic E-state index is 10.6. The van der Waals surface area contributed by atoms with Gasteiger partial charge in [0.05, 0.1) is 4.92 Å². The van der Waals surface area contributed by atoms with E-state index in [-0.39, 0.29) is 10.6 Å². The van der Waals surface area contributed by atoms with Gasteiger partial charge in [-0.25, -0.2) is 0 Å². The Bertz CT molecular complexity index is 422. The first-order valence-electron chi connectivity index (χ1n) is 6.85. The van der Waals surface area contributed by atoms with Crippen molar-refractivity contribution in [3.05, 3.63) is 34.4 Å². The average Bonchev–Trinajstić information content (AvgIpc) is 2.84. The molecule has 1 N–H and O–H groups in total. The van der Waals surface area contributed by atoms with E-state index in [9.17, 15) is 10.1 Å². The lowest BCUT2D eigenvalue weighted by atomic mass is 10.2. The second kappa shape index (κ2) is 6.91. The number of benzene rings is 1. The zero-order valence-corrected chi connectivity index (χ0v) is 12.0. The Kier molecular flexibility index (Phi) is 5.22. The highest BCUT2D eigenvalue weighted by Gasteiger charge is 2.27. The van der Waals surface area contributed by atoms with E-state index in [1.54, 1.807) is 12.1 Å². The highest BCUT2D eigenvalue weighted by molar-refractivity contribution is 8.00. The summed E-state index contributed by atoms with van der Waals surface area (Å²) in [6.07, 6.45) is 4.89. The van der Waals surface area contributed by atoms with E-state index in [2.05, 4.69) is 12.2 Å². The highest BCUT2D eigenvalue weighted by Crippen LogP contribution is 2.35. The Labute approximate surface area is 118 Å². The largest absolute Gasteiger partial charge is 0.313 e. The molecule has 1 fully saturated rings. The Morgan fingerprint density at radius 3 is 2.74 bits per heavy atom. The third-order valence-electron chi connectivity index (χ3n) is 3.44. The Morgan fingerprint density at radius 2 is 2.11 bits per heavy atom. The van der Waals surface area contributed by atoms with Crippen LogP contribution in [0.4, 0.5) is 5.69 Å². The van der Waals surface area contributed by atoms with Gasteiger partial charge < -0.3 is 5.32 Å². The number of thioether (sulfide) groups is 1. The van der Waals surface area contributed by atoms with Crippen LogP contribution in [0.25, 0.3) is 0 Å². The van der Waals surface area contributed by atoms with E-state index in [4.69, 9.17) is 0 Å². The molecule has 104 valence electrons. The fourth-order valence-corrected chi connectivity index (χ4v) is 3.78.